The molecule has 2 aliphatic heterocycles. The summed E-state index contributed by atoms with van der Waals surface area (Å²) in [6.45, 7) is 7.88. The quantitative estimate of drug-likeness (QED) is 0.359. The zero-order valence-electron chi connectivity index (χ0n) is 23.8. The lowest BCUT2D eigenvalue weighted by Gasteiger charge is -2.37. The molecule has 9 nitrogen and oxygen atoms in total. The lowest BCUT2D eigenvalue weighted by atomic mass is 9.86. The highest BCUT2D eigenvalue weighted by Gasteiger charge is 2.56. The third-order valence-corrected chi connectivity index (χ3v) is 7.74. The van der Waals surface area contributed by atoms with Crippen molar-refractivity contribution in [1.82, 2.24) is 24.9 Å². The maximum absolute atomic E-state index is 13.7. The Hall–Kier alpha value is -5.02. The van der Waals surface area contributed by atoms with Crippen molar-refractivity contribution in [3.63, 3.8) is 0 Å². The van der Waals surface area contributed by atoms with Gasteiger partial charge in [0.1, 0.15) is 12.4 Å². The molecule has 0 aliphatic carbocycles. The van der Waals surface area contributed by atoms with Gasteiger partial charge < -0.3 is 9.64 Å². The highest BCUT2D eigenvalue weighted by atomic mass is 16.5. The van der Waals surface area contributed by atoms with Crippen molar-refractivity contribution in [3.05, 3.63) is 70.5 Å². The van der Waals surface area contributed by atoms with Crippen LogP contribution in [0.5, 0.6) is 5.75 Å². The van der Waals surface area contributed by atoms with E-state index in [9.17, 15) is 14.4 Å². The van der Waals surface area contributed by atoms with Gasteiger partial charge in [0.05, 0.1) is 18.8 Å². The van der Waals surface area contributed by atoms with Crippen LogP contribution in [0.15, 0.2) is 42.5 Å². The van der Waals surface area contributed by atoms with Gasteiger partial charge in [-0.25, -0.2) is 4.79 Å². The number of nitrogens with one attached hydrogen (secondary N) is 1. The van der Waals surface area contributed by atoms with Crippen LogP contribution in [0.25, 0.3) is 11.1 Å². The summed E-state index contributed by atoms with van der Waals surface area (Å²) in [5.74, 6) is 11.2. The number of nitrogens with zero attached hydrogens (tertiary/aromatic N) is 4. The van der Waals surface area contributed by atoms with E-state index in [1.165, 1.54) is 4.90 Å². The minimum Gasteiger partial charge on any atom is -0.481 e. The van der Waals surface area contributed by atoms with Crippen LogP contribution in [0.4, 0.5) is 4.79 Å². The average molecular weight is 550 g/mol. The smallest absolute Gasteiger partial charge is 0.326 e. The summed E-state index contributed by atoms with van der Waals surface area (Å²) in [6, 6.07) is 12.4. The number of ether oxygens (including phenoxy) is 1. The summed E-state index contributed by atoms with van der Waals surface area (Å²) in [5.41, 5.74) is 4.32. The first-order chi connectivity index (χ1) is 19.7. The van der Waals surface area contributed by atoms with Crippen molar-refractivity contribution in [1.29, 1.82) is 0 Å². The minimum absolute atomic E-state index is 0.0298. The van der Waals surface area contributed by atoms with Crippen LogP contribution in [0.1, 0.15) is 46.7 Å². The SMILES string of the molecule is CC#CCOc1ccc2c(c1)C(=O)N(C[C@]1(c3ccc(-c4c(C)nn(C)c4C)cc3)C(=O)NC(=O)N1CC#CC)C2. The molecule has 1 fully saturated rings. The Morgan fingerprint density at radius 2 is 1.76 bits per heavy atom. The zero-order chi connectivity index (χ0) is 29.3. The van der Waals surface area contributed by atoms with Crippen LogP contribution in [-0.2, 0) is 23.9 Å². The molecule has 1 N–H and O–H groups in total. The minimum atomic E-state index is -1.47. The third kappa shape index (κ3) is 4.70. The van der Waals surface area contributed by atoms with Crippen molar-refractivity contribution in [2.24, 2.45) is 7.05 Å². The molecule has 41 heavy (non-hydrogen) atoms. The van der Waals surface area contributed by atoms with Crippen LogP contribution in [-0.4, -0.2) is 57.1 Å². The molecule has 1 aromatic heterocycles. The van der Waals surface area contributed by atoms with E-state index < -0.39 is 17.5 Å². The largest absolute Gasteiger partial charge is 0.481 e. The Balaban J connectivity index is 1.53. The van der Waals surface area contributed by atoms with Gasteiger partial charge in [0.15, 0.2) is 5.54 Å². The molecule has 1 saturated heterocycles. The predicted octanol–water partition coefficient (Wildman–Crippen LogP) is 3.53. The van der Waals surface area contributed by atoms with Gasteiger partial charge in [-0.15, -0.1) is 11.8 Å². The normalized spacial score (nSPS) is 17.5. The molecule has 0 radical (unpaired) electrons. The fourth-order valence-electron chi connectivity index (χ4n) is 5.59. The molecule has 0 bridgehead atoms. The van der Waals surface area contributed by atoms with Gasteiger partial charge in [-0.3, -0.25) is 24.5 Å². The highest BCUT2D eigenvalue weighted by molar-refractivity contribution is 6.08. The van der Waals surface area contributed by atoms with Gasteiger partial charge in [-0.05, 0) is 56.5 Å². The molecule has 208 valence electrons. The molecule has 0 spiro atoms. The number of hydrogen-bond donors (Lipinski definition) is 1. The average Bonchev–Trinajstić information content (AvgIpc) is 3.50. The first kappa shape index (κ1) is 27.5. The second kappa shape index (κ2) is 10.9. The van der Waals surface area contributed by atoms with Crippen molar-refractivity contribution >= 4 is 17.8 Å². The number of carbonyl (C=O) groups excluding carboxylic acids is 3. The number of amides is 4. The molecule has 9 heteroatoms. The van der Waals surface area contributed by atoms with E-state index in [-0.39, 0.29) is 25.6 Å². The van der Waals surface area contributed by atoms with Crippen molar-refractivity contribution in [3.8, 4) is 40.6 Å². The van der Waals surface area contributed by atoms with Gasteiger partial charge in [0, 0.05) is 30.4 Å². The topological polar surface area (TPSA) is 96.8 Å². The van der Waals surface area contributed by atoms with Gasteiger partial charge in [0.2, 0.25) is 0 Å². The number of fused-ring (bicyclic) bond motifs is 1. The van der Waals surface area contributed by atoms with Gasteiger partial charge in [-0.2, -0.15) is 5.10 Å². The van der Waals surface area contributed by atoms with Crippen LogP contribution in [0.2, 0.25) is 0 Å². The second-order valence-corrected chi connectivity index (χ2v) is 10.1. The van der Waals surface area contributed by atoms with Crippen molar-refractivity contribution in [2.45, 2.75) is 39.8 Å². The van der Waals surface area contributed by atoms with Crippen LogP contribution in [0, 0.1) is 37.5 Å². The molecule has 5 rings (SSSR count). The monoisotopic (exact) mass is 549 g/mol. The Morgan fingerprint density at radius 1 is 1.02 bits per heavy atom. The molecule has 3 aromatic rings. The van der Waals surface area contributed by atoms with E-state index in [2.05, 4.69) is 34.1 Å². The number of imide groups is 1. The van der Waals surface area contributed by atoms with E-state index in [0.717, 1.165) is 28.1 Å². The number of rotatable bonds is 7. The Labute approximate surface area is 239 Å². The van der Waals surface area contributed by atoms with Gasteiger partial charge in [0.25, 0.3) is 11.8 Å². The van der Waals surface area contributed by atoms with Crippen LogP contribution < -0.4 is 10.1 Å². The standard InChI is InChI=1S/C32H31N5O4/c1-6-8-16-37-31(40)33-30(39)32(37,25-13-10-23(11-14-25)28-21(3)34-35(5)22(28)4)20-36-19-24-12-15-26(41-17-9-7-2)18-27(24)29(36)38/h10-15,18H,16-17,19-20H2,1-5H3,(H,33,39,40)/t32-/m0/s1. The summed E-state index contributed by atoms with van der Waals surface area (Å²) in [5, 5.41) is 6.99. The second-order valence-electron chi connectivity index (χ2n) is 10.1. The summed E-state index contributed by atoms with van der Waals surface area (Å²) >= 11 is 0. The van der Waals surface area contributed by atoms with Gasteiger partial charge in [-0.1, -0.05) is 42.2 Å². The fraction of sp³-hybridized carbons (Fsp3) is 0.312. The molecule has 2 aromatic carbocycles. The van der Waals surface area contributed by atoms with Crippen molar-refractivity contribution < 1.29 is 19.1 Å². The summed E-state index contributed by atoms with van der Waals surface area (Å²) < 4.78 is 7.49. The fourth-order valence-corrected chi connectivity index (χ4v) is 5.59. The van der Waals surface area contributed by atoms with Gasteiger partial charge >= 0.3 is 6.03 Å². The molecule has 0 unspecified atom stereocenters. The Bertz CT molecular complexity index is 1680. The number of hydrogen-bond acceptors (Lipinski definition) is 5. The van der Waals surface area contributed by atoms with E-state index in [1.54, 1.807) is 30.9 Å². The molecular weight excluding hydrogens is 518 g/mol. The zero-order valence-corrected chi connectivity index (χ0v) is 23.8. The summed E-state index contributed by atoms with van der Waals surface area (Å²) in [7, 11) is 1.90. The summed E-state index contributed by atoms with van der Waals surface area (Å²) in [6.07, 6.45) is 0. The lowest BCUT2D eigenvalue weighted by molar-refractivity contribution is -0.127. The summed E-state index contributed by atoms with van der Waals surface area (Å²) in [4.78, 5) is 43.5. The number of benzene rings is 2. The highest BCUT2D eigenvalue weighted by Crippen LogP contribution is 2.38. The molecule has 0 saturated carbocycles. The molecule has 3 heterocycles. The molecular formula is C32H31N5O4. The molecule has 1 atom stereocenters. The Kier molecular flexibility index (Phi) is 7.30. The Morgan fingerprint density at radius 3 is 2.41 bits per heavy atom. The number of aromatic nitrogens is 2. The molecule has 4 amide bonds. The number of urea groups is 1. The van der Waals surface area contributed by atoms with E-state index in [1.807, 2.05) is 55.9 Å². The van der Waals surface area contributed by atoms with Crippen LogP contribution in [0.3, 0.4) is 0 Å². The first-order valence-electron chi connectivity index (χ1n) is 13.3. The van der Waals surface area contributed by atoms with Crippen LogP contribution >= 0.6 is 0 Å². The third-order valence-electron chi connectivity index (χ3n) is 7.74. The predicted molar refractivity (Wildman–Crippen MR) is 154 cm³/mol. The first-order valence-corrected chi connectivity index (χ1v) is 13.3. The van der Waals surface area contributed by atoms with Crippen molar-refractivity contribution in [2.75, 3.05) is 19.7 Å². The molecule has 2 aliphatic rings. The maximum atomic E-state index is 13.7. The van der Waals surface area contributed by atoms with E-state index in [4.69, 9.17) is 4.74 Å². The number of carbonyl (C=O) groups is 3. The van der Waals surface area contributed by atoms with E-state index in [0.29, 0.717) is 23.4 Å². The lowest BCUT2D eigenvalue weighted by Crippen LogP contribution is -2.54. The number of aryl methyl sites for hydroxylation is 2. The maximum Gasteiger partial charge on any atom is 0.326 e. The van der Waals surface area contributed by atoms with E-state index >= 15 is 0 Å².